The van der Waals surface area contributed by atoms with Gasteiger partial charge in [0.2, 0.25) is 5.91 Å². The largest absolute Gasteiger partial charge is 0.344 e. The third kappa shape index (κ3) is 2.49. The van der Waals surface area contributed by atoms with Gasteiger partial charge in [0.15, 0.2) is 0 Å². The smallest absolute Gasteiger partial charge is 0.239 e. The van der Waals surface area contributed by atoms with Crippen LogP contribution in [0.5, 0.6) is 0 Å². The van der Waals surface area contributed by atoms with E-state index in [1.54, 1.807) is 0 Å². The highest BCUT2D eigenvalue weighted by atomic mass is 16.2. The lowest BCUT2D eigenvalue weighted by Crippen LogP contribution is -2.39. The van der Waals surface area contributed by atoms with E-state index < -0.39 is 0 Å². The summed E-state index contributed by atoms with van der Waals surface area (Å²) in [5.74, 6) is 0.995. The second-order valence-electron chi connectivity index (χ2n) is 4.93. The maximum atomic E-state index is 11.6. The van der Waals surface area contributed by atoms with E-state index in [0.717, 1.165) is 25.4 Å². The van der Waals surface area contributed by atoms with E-state index >= 15 is 0 Å². The predicted molar refractivity (Wildman–Crippen MR) is 59.6 cm³/mol. The lowest BCUT2D eigenvalue weighted by molar-refractivity contribution is -0.128. The van der Waals surface area contributed by atoms with E-state index in [1.807, 2.05) is 11.9 Å². The van der Waals surface area contributed by atoms with Crippen LogP contribution in [0, 0.1) is 5.92 Å². The van der Waals surface area contributed by atoms with Gasteiger partial charge in [0, 0.05) is 20.1 Å². The second kappa shape index (κ2) is 4.49. The zero-order valence-corrected chi connectivity index (χ0v) is 9.70. The minimum absolute atomic E-state index is 0.0842. The minimum Gasteiger partial charge on any atom is -0.344 e. The number of hydrogen-bond acceptors (Lipinski definition) is 3. The standard InChI is InChI=1S/C11H21N3O/c1-13-5-3-9(8-13)7-12-10-4-6-14(2)11(10)15/h9-10,12H,3-8H2,1-2H3. The van der Waals surface area contributed by atoms with Crippen molar-refractivity contribution in [1.82, 2.24) is 15.1 Å². The van der Waals surface area contributed by atoms with Gasteiger partial charge in [0.05, 0.1) is 6.04 Å². The van der Waals surface area contributed by atoms with Gasteiger partial charge in [-0.2, -0.15) is 0 Å². The Bertz CT molecular complexity index is 244. The first-order valence-corrected chi connectivity index (χ1v) is 5.83. The van der Waals surface area contributed by atoms with Crippen molar-refractivity contribution < 1.29 is 4.79 Å². The highest BCUT2D eigenvalue weighted by Gasteiger charge is 2.29. The van der Waals surface area contributed by atoms with Crippen LogP contribution in [0.1, 0.15) is 12.8 Å². The van der Waals surface area contributed by atoms with E-state index in [2.05, 4.69) is 17.3 Å². The Morgan fingerprint density at radius 3 is 2.67 bits per heavy atom. The van der Waals surface area contributed by atoms with Crippen molar-refractivity contribution in [1.29, 1.82) is 0 Å². The fraction of sp³-hybridized carbons (Fsp3) is 0.909. The fourth-order valence-electron chi connectivity index (χ4n) is 2.51. The number of carbonyl (C=O) groups is 1. The van der Waals surface area contributed by atoms with Gasteiger partial charge in [-0.05, 0) is 38.9 Å². The third-order valence-corrected chi connectivity index (χ3v) is 3.57. The van der Waals surface area contributed by atoms with Crippen molar-refractivity contribution in [2.75, 3.05) is 40.3 Å². The Labute approximate surface area is 91.6 Å². The Hall–Kier alpha value is -0.610. The zero-order chi connectivity index (χ0) is 10.8. The van der Waals surface area contributed by atoms with Crippen LogP contribution in [0.2, 0.25) is 0 Å². The molecule has 86 valence electrons. The van der Waals surface area contributed by atoms with Crippen LogP contribution >= 0.6 is 0 Å². The first kappa shape index (κ1) is 10.9. The molecule has 2 atom stereocenters. The number of likely N-dealkylation sites (N-methyl/N-ethyl adjacent to an activating group) is 1. The van der Waals surface area contributed by atoms with E-state index in [4.69, 9.17) is 0 Å². The molecule has 2 heterocycles. The molecular weight excluding hydrogens is 190 g/mol. The van der Waals surface area contributed by atoms with E-state index in [0.29, 0.717) is 0 Å². The summed E-state index contributed by atoms with van der Waals surface area (Å²) in [5, 5.41) is 3.41. The lowest BCUT2D eigenvalue weighted by Gasteiger charge is -2.15. The Balaban J connectivity index is 1.72. The zero-order valence-electron chi connectivity index (χ0n) is 9.70. The number of rotatable bonds is 3. The van der Waals surface area contributed by atoms with Crippen LogP contribution in [-0.2, 0) is 4.79 Å². The quantitative estimate of drug-likeness (QED) is 0.700. The lowest BCUT2D eigenvalue weighted by atomic mass is 10.1. The number of carbonyl (C=O) groups excluding carboxylic acids is 1. The molecule has 0 spiro atoms. The summed E-state index contributed by atoms with van der Waals surface area (Å²) in [5.41, 5.74) is 0. The van der Waals surface area contributed by atoms with Gasteiger partial charge in [0.1, 0.15) is 0 Å². The molecule has 2 aliphatic rings. The molecule has 2 fully saturated rings. The van der Waals surface area contributed by atoms with Crippen molar-refractivity contribution >= 4 is 5.91 Å². The summed E-state index contributed by atoms with van der Waals surface area (Å²) in [6.45, 7) is 4.27. The molecule has 2 saturated heterocycles. The number of likely N-dealkylation sites (tertiary alicyclic amines) is 2. The SMILES string of the molecule is CN1CCC(CNC2CCN(C)C2=O)C1. The number of nitrogens with one attached hydrogen (secondary N) is 1. The molecule has 0 saturated carbocycles. The molecule has 0 aliphatic carbocycles. The molecule has 0 aromatic carbocycles. The molecule has 4 nitrogen and oxygen atoms in total. The van der Waals surface area contributed by atoms with Gasteiger partial charge in [-0.15, -0.1) is 0 Å². The molecule has 0 radical (unpaired) electrons. The van der Waals surface area contributed by atoms with Crippen molar-refractivity contribution in [3.8, 4) is 0 Å². The van der Waals surface area contributed by atoms with Crippen LogP contribution < -0.4 is 5.32 Å². The third-order valence-electron chi connectivity index (χ3n) is 3.57. The van der Waals surface area contributed by atoms with E-state index in [-0.39, 0.29) is 11.9 Å². The van der Waals surface area contributed by atoms with Crippen molar-refractivity contribution in [3.63, 3.8) is 0 Å². The summed E-state index contributed by atoms with van der Waals surface area (Å²) in [4.78, 5) is 15.8. The molecule has 2 rings (SSSR count). The Morgan fingerprint density at radius 1 is 1.33 bits per heavy atom. The molecular formula is C11H21N3O. The molecule has 2 unspecified atom stereocenters. The van der Waals surface area contributed by atoms with E-state index in [9.17, 15) is 4.79 Å². The van der Waals surface area contributed by atoms with Gasteiger partial charge < -0.3 is 15.1 Å². The first-order valence-electron chi connectivity index (χ1n) is 5.83. The maximum Gasteiger partial charge on any atom is 0.239 e. The second-order valence-corrected chi connectivity index (χ2v) is 4.93. The van der Waals surface area contributed by atoms with Gasteiger partial charge in [-0.1, -0.05) is 0 Å². The summed E-state index contributed by atoms with van der Waals surface area (Å²) < 4.78 is 0. The fourth-order valence-corrected chi connectivity index (χ4v) is 2.51. The average Bonchev–Trinajstić information content (AvgIpc) is 2.74. The molecule has 2 aliphatic heterocycles. The summed E-state index contributed by atoms with van der Waals surface area (Å²) in [7, 11) is 4.04. The maximum absolute atomic E-state index is 11.6. The molecule has 0 aromatic heterocycles. The normalized spacial score (nSPS) is 32.9. The predicted octanol–water partition coefficient (Wildman–Crippen LogP) is -0.242. The number of hydrogen-bond donors (Lipinski definition) is 1. The van der Waals surface area contributed by atoms with Crippen molar-refractivity contribution in [3.05, 3.63) is 0 Å². The molecule has 0 bridgehead atoms. The summed E-state index contributed by atoms with van der Waals surface area (Å²) >= 11 is 0. The Morgan fingerprint density at radius 2 is 2.13 bits per heavy atom. The number of nitrogens with zero attached hydrogens (tertiary/aromatic N) is 2. The van der Waals surface area contributed by atoms with E-state index in [1.165, 1.54) is 19.5 Å². The Kier molecular flexibility index (Phi) is 3.26. The first-order chi connectivity index (χ1) is 7.16. The van der Waals surface area contributed by atoms with Crippen LogP contribution in [0.3, 0.4) is 0 Å². The number of amides is 1. The minimum atomic E-state index is 0.0842. The van der Waals surface area contributed by atoms with Gasteiger partial charge in [-0.3, -0.25) is 4.79 Å². The van der Waals surface area contributed by atoms with Crippen LogP contribution in [-0.4, -0.2) is 62.0 Å². The molecule has 15 heavy (non-hydrogen) atoms. The topological polar surface area (TPSA) is 35.6 Å². The molecule has 1 N–H and O–H groups in total. The van der Waals surface area contributed by atoms with Gasteiger partial charge >= 0.3 is 0 Å². The highest BCUT2D eigenvalue weighted by Crippen LogP contribution is 2.14. The van der Waals surface area contributed by atoms with Crippen LogP contribution in [0.15, 0.2) is 0 Å². The molecule has 1 amide bonds. The summed E-state index contributed by atoms with van der Waals surface area (Å²) in [6, 6.07) is 0.0842. The monoisotopic (exact) mass is 211 g/mol. The highest BCUT2D eigenvalue weighted by molar-refractivity contribution is 5.83. The van der Waals surface area contributed by atoms with Crippen LogP contribution in [0.4, 0.5) is 0 Å². The van der Waals surface area contributed by atoms with Gasteiger partial charge in [0.25, 0.3) is 0 Å². The van der Waals surface area contributed by atoms with Crippen molar-refractivity contribution in [2.45, 2.75) is 18.9 Å². The molecule has 4 heteroatoms. The molecule has 0 aromatic rings. The van der Waals surface area contributed by atoms with Gasteiger partial charge in [-0.25, -0.2) is 0 Å². The summed E-state index contributed by atoms with van der Waals surface area (Å²) in [6.07, 6.45) is 2.23. The van der Waals surface area contributed by atoms with Crippen LogP contribution in [0.25, 0.3) is 0 Å². The average molecular weight is 211 g/mol. The van der Waals surface area contributed by atoms with Crippen molar-refractivity contribution in [2.24, 2.45) is 5.92 Å².